The van der Waals surface area contributed by atoms with Crippen molar-refractivity contribution in [1.29, 1.82) is 0 Å². The number of aryl methyl sites for hydroxylation is 2. The number of phenolic OH excluding ortho intramolecular Hbond substituents is 1. The lowest BCUT2D eigenvalue weighted by Gasteiger charge is -2.62. The van der Waals surface area contributed by atoms with E-state index >= 15 is 0 Å². The van der Waals surface area contributed by atoms with E-state index in [0.29, 0.717) is 69.9 Å². The summed E-state index contributed by atoms with van der Waals surface area (Å²) >= 11 is 0. The standard InChI is InChI=1S/C25H30N4O4.C23H26N4O3.C8H20O2Si/c1-16-13-26-14-21(27-16)23(32)29-25-11-17-7-18(12-25)10-24(9-17,15-25)28-22(31)19-3-2-4-20(8-19)33-6-5-30;1-14-11-24-12-19(25-14)21(30)27-23-9-15-5-16(10-23)8-22(7-15,13-23)26-20(29)17-3-2-4-18(28)6-17;1-8(2,3)11(4,5)10-7-6-9/h2-4,8,13-14,17-18,30H,5-7,9-12,15H2,1H3,(H,28,31)(H,29,32);2-4,6,11-12,15-16,28H,5,7-10,13H2,1H3,(H,26,29)(H,27,30);9H,6-7H2,1-5H3. The number of rotatable bonds is 14. The lowest BCUT2D eigenvalue weighted by atomic mass is 9.49. The number of ether oxygens (including phenoxy) is 1. The van der Waals surface area contributed by atoms with Crippen molar-refractivity contribution in [2.75, 3.05) is 26.4 Å². The second-order valence-corrected chi connectivity index (χ2v) is 28.7. The van der Waals surface area contributed by atoms with Crippen molar-refractivity contribution in [3.05, 3.63) is 107 Å². The topological polar surface area (TPSA) is 247 Å². The zero-order valence-electron chi connectivity index (χ0n) is 44.1. The van der Waals surface area contributed by atoms with Crippen molar-refractivity contribution in [2.45, 2.75) is 152 Å². The average Bonchev–Trinajstić information content (AvgIpc) is 3.31. The molecule has 8 bridgehead atoms. The second-order valence-electron chi connectivity index (χ2n) is 23.9. The number of hydrogen-bond donors (Lipinski definition) is 7. The first-order valence-corrected chi connectivity index (χ1v) is 29.2. The number of benzene rings is 2. The third kappa shape index (κ3) is 12.8. The van der Waals surface area contributed by atoms with Crippen molar-refractivity contribution in [3.63, 3.8) is 0 Å². The molecule has 0 saturated heterocycles. The summed E-state index contributed by atoms with van der Waals surface area (Å²) in [6.45, 7) is 15.3. The van der Waals surface area contributed by atoms with Gasteiger partial charge in [-0.05, 0) is 169 Å². The molecule has 4 amide bonds. The van der Waals surface area contributed by atoms with Gasteiger partial charge in [-0.3, -0.25) is 29.1 Å². The van der Waals surface area contributed by atoms with Crippen molar-refractivity contribution in [1.82, 2.24) is 41.2 Å². The highest BCUT2D eigenvalue weighted by Crippen LogP contribution is 2.59. The molecule has 12 rings (SSSR count). The molecule has 17 nitrogen and oxygen atoms in total. The van der Waals surface area contributed by atoms with Crippen LogP contribution in [0.2, 0.25) is 18.1 Å². The first-order valence-electron chi connectivity index (χ1n) is 26.3. The Morgan fingerprint density at radius 2 is 1.01 bits per heavy atom. The van der Waals surface area contributed by atoms with Crippen LogP contribution in [0, 0.1) is 37.5 Å². The van der Waals surface area contributed by atoms with Gasteiger partial charge in [-0.2, -0.15) is 0 Å². The average molecular weight is 1030 g/mol. The fourth-order valence-corrected chi connectivity index (χ4v) is 14.6. The highest BCUT2D eigenvalue weighted by Gasteiger charge is 2.60. The number of amides is 4. The second kappa shape index (κ2) is 21.8. The van der Waals surface area contributed by atoms with Crippen LogP contribution in [-0.4, -0.2) is 116 Å². The van der Waals surface area contributed by atoms with Gasteiger partial charge in [0.25, 0.3) is 23.6 Å². The summed E-state index contributed by atoms with van der Waals surface area (Å²) < 4.78 is 11.1. The van der Waals surface area contributed by atoms with Gasteiger partial charge in [-0.25, -0.2) is 9.97 Å². The molecule has 4 aromatic rings. The molecule has 74 heavy (non-hydrogen) atoms. The molecular formula is C56H76N8O9Si. The Bertz CT molecular complexity index is 2590. The summed E-state index contributed by atoms with van der Waals surface area (Å²) in [5.41, 5.74) is 1.79. The maximum atomic E-state index is 13.2. The van der Waals surface area contributed by atoms with Gasteiger partial charge in [0.1, 0.15) is 29.5 Å². The first kappa shape index (κ1) is 54.4. The first-order chi connectivity index (χ1) is 35.0. The number of carbonyl (C=O) groups excluding carboxylic acids is 4. The Morgan fingerprint density at radius 1 is 0.608 bits per heavy atom. The molecule has 0 aliphatic heterocycles. The van der Waals surface area contributed by atoms with Gasteiger partial charge in [0, 0.05) is 45.7 Å². The van der Waals surface area contributed by atoms with Crippen molar-refractivity contribution < 1.29 is 43.7 Å². The van der Waals surface area contributed by atoms with Crippen LogP contribution < -0.4 is 26.0 Å². The van der Waals surface area contributed by atoms with Crippen LogP contribution in [0.5, 0.6) is 11.5 Å². The zero-order chi connectivity index (χ0) is 53.1. The van der Waals surface area contributed by atoms with Crippen LogP contribution >= 0.6 is 0 Å². The molecule has 8 aliphatic rings. The van der Waals surface area contributed by atoms with Gasteiger partial charge >= 0.3 is 0 Å². The van der Waals surface area contributed by atoms with Crippen molar-refractivity contribution >= 4 is 31.9 Å². The normalized spacial score (nSPS) is 27.9. The minimum Gasteiger partial charge on any atom is -0.508 e. The number of aliphatic hydroxyl groups excluding tert-OH is 2. The lowest BCUT2D eigenvalue weighted by molar-refractivity contribution is -0.0455. The van der Waals surface area contributed by atoms with E-state index < -0.39 is 8.32 Å². The van der Waals surface area contributed by atoms with Gasteiger partial charge < -0.3 is 45.7 Å². The Balaban J connectivity index is 0.000000165. The van der Waals surface area contributed by atoms with Gasteiger partial charge in [0.2, 0.25) is 0 Å². The molecule has 4 atom stereocenters. The summed E-state index contributed by atoms with van der Waals surface area (Å²) in [6.07, 6.45) is 17.6. The third-order valence-corrected chi connectivity index (χ3v) is 21.1. The van der Waals surface area contributed by atoms with E-state index in [1.54, 1.807) is 54.9 Å². The van der Waals surface area contributed by atoms with Crippen LogP contribution in [0.25, 0.3) is 0 Å². The summed E-state index contributed by atoms with van der Waals surface area (Å²) in [5.74, 6) is 1.90. The number of aromatic hydroxyl groups is 1. The number of phenols is 1. The van der Waals surface area contributed by atoms with E-state index in [-0.39, 0.29) is 76.4 Å². The summed E-state index contributed by atoms with van der Waals surface area (Å²) in [4.78, 5) is 69.0. The Labute approximate surface area is 436 Å². The molecular weight excluding hydrogens is 957 g/mol. The molecule has 8 saturated carbocycles. The van der Waals surface area contributed by atoms with Crippen LogP contribution in [0.4, 0.5) is 0 Å². The number of aromatic nitrogens is 4. The Morgan fingerprint density at radius 3 is 1.41 bits per heavy atom. The zero-order valence-corrected chi connectivity index (χ0v) is 45.1. The number of aliphatic hydroxyl groups is 2. The minimum atomic E-state index is -1.59. The summed E-state index contributed by atoms with van der Waals surface area (Å²) in [5, 5.41) is 40.8. The van der Waals surface area contributed by atoms with E-state index in [4.69, 9.17) is 19.4 Å². The van der Waals surface area contributed by atoms with Crippen molar-refractivity contribution in [2.24, 2.45) is 23.7 Å². The van der Waals surface area contributed by atoms with E-state index in [2.05, 4.69) is 75.1 Å². The van der Waals surface area contributed by atoms with E-state index in [0.717, 1.165) is 77.0 Å². The molecule has 8 fully saturated rings. The predicted molar refractivity (Wildman–Crippen MR) is 281 cm³/mol. The van der Waals surface area contributed by atoms with Gasteiger partial charge in [0.15, 0.2) is 8.32 Å². The molecule has 0 spiro atoms. The number of nitrogens with zero attached hydrogens (tertiary/aromatic N) is 4. The molecule has 2 aromatic carbocycles. The summed E-state index contributed by atoms with van der Waals surface area (Å²) in [6, 6.07) is 13.5. The SMILES string of the molecule is CC(C)(C)[Si](C)(C)OCCO.Cc1cncc(C(=O)NC23CC4CC(CC(NC(=O)c5cccc(O)c5)(C4)C2)C3)n1.Cc1cncc(C(=O)NC23CC4CC(CC(NC(=O)c5cccc(OCCO)c5)(C4)C2)C3)n1. The minimum absolute atomic E-state index is 0.0791. The molecule has 2 heterocycles. The van der Waals surface area contributed by atoms with E-state index in [1.807, 2.05) is 13.8 Å². The van der Waals surface area contributed by atoms with E-state index in [9.17, 15) is 24.3 Å². The quantitative estimate of drug-likeness (QED) is 0.0621. The van der Waals surface area contributed by atoms with Crippen molar-refractivity contribution in [3.8, 4) is 11.5 Å². The van der Waals surface area contributed by atoms with Crippen LogP contribution in [-0.2, 0) is 4.43 Å². The van der Waals surface area contributed by atoms with Gasteiger partial charge in [-0.15, -0.1) is 0 Å². The fourth-order valence-electron chi connectivity index (χ4n) is 13.5. The highest BCUT2D eigenvalue weighted by molar-refractivity contribution is 6.74. The Hall–Kier alpha value is -5.82. The lowest BCUT2D eigenvalue weighted by Crippen LogP contribution is -2.69. The predicted octanol–water partition coefficient (Wildman–Crippen LogP) is 7.15. The molecule has 0 radical (unpaired) electrons. The third-order valence-electron chi connectivity index (χ3n) is 16.5. The van der Waals surface area contributed by atoms with E-state index in [1.165, 1.54) is 18.5 Å². The number of hydrogen-bond acceptors (Lipinski definition) is 13. The Kier molecular flexibility index (Phi) is 16.0. The summed E-state index contributed by atoms with van der Waals surface area (Å²) in [7, 11) is -1.59. The molecule has 2 aromatic heterocycles. The monoisotopic (exact) mass is 1030 g/mol. The smallest absolute Gasteiger partial charge is 0.271 e. The maximum Gasteiger partial charge on any atom is 0.271 e. The largest absolute Gasteiger partial charge is 0.508 e. The highest BCUT2D eigenvalue weighted by atomic mass is 28.4. The number of carbonyl (C=O) groups is 4. The molecule has 4 unspecified atom stereocenters. The molecule has 398 valence electrons. The maximum absolute atomic E-state index is 13.2. The van der Waals surface area contributed by atoms with Crippen LogP contribution in [0.3, 0.4) is 0 Å². The molecule has 18 heteroatoms. The molecule has 8 aliphatic carbocycles. The van der Waals surface area contributed by atoms with Crippen LogP contribution in [0.1, 0.15) is 151 Å². The molecule has 7 N–H and O–H groups in total. The van der Waals surface area contributed by atoms with Gasteiger partial charge in [-0.1, -0.05) is 32.9 Å². The fraction of sp³-hybridized carbons (Fsp3) is 0.571. The number of nitrogens with one attached hydrogen (secondary N) is 4. The van der Waals surface area contributed by atoms with Crippen LogP contribution in [0.15, 0.2) is 73.3 Å². The van der Waals surface area contributed by atoms with Gasteiger partial charge in [0.05, 0.1) is 43.6 Å².